The molecule has 28 heavy (non-hydrogen) atoms. The van der Waals surface area contributed by atoms with Gasteiger partial charge in [-0.3, -0.25) is 0 Å². The van der Waals surface area contributed by atoms with Gasteiger partial charge in [0, 0.05) is 30.7 Å². The maximum atomic E-state index is 13.1. The molecule has 1 N–H and O–H groups in total. The highest BCUT2D eigenvalue weighted by Crippen LogP contribution is 2.46. The maximum Gasteiger partial charge on any atom is 0.416 e. The van der Waals surface area contributed by atoms with Crippen LogP contribution in [0.2, 0.25) is 0 Å². The van der Waals surface area contributed by atoms with Gasteiger partial charge in [-0.05, 0) is 42.2 Å². The van der Waals surface area contributed by atoms with Gasteiger partial charge in [0.2, 0.25) is 0 Å². The van der Waals surface area contributed by atoms with Gasteiger partial charge in [-0.1, -0.05) is 30.3 Å². The summed E-state index contributed by atoms with van der Waals surface area (Å²) < 4.78 is 44.7. The molecule has 1 amide bonds. The Kier molecular flexibility index (Phi) is 4.69. The minimum Gasteiger partial charge on any atom is -0.445 e. The highest BCUT2D eigenvalue weighted by atomic mass is 19.4. The molecule has 0 aromatic heterocycles. The van der Waals surface area contributed by atoms with E-state index in [9.17, 15) is 18.0 Å². The average Bonchev–Trinajstić information content (AvgIpc) is 3.04. The highest BCUT2D eigenvalue weighted by molar-refractivity contribution is 5.68. The summed E-state index contributed by atoms with van der Waals surface area (Å²) in [4.78, 5) is 14.0. The van der Waals surface area contributed by atoms with E-state index in [1.54, 1.807) is 4.90 Å². The number of alkyl halides is 3. The SMILES string of the molecule is O=C(OCc1ccccc1)N1CCC2(CC1)CNc1ccc(C(F)(F)F)cc12. The second-order valence-electron chi connectivity index (χ2n) is 7.42. The van der Waals surface area contributed by atoms with Gasteiger partial charge >= 0.3 is 12.3 Å². The Bertz CT molecular complexity index is 860. The molecule has 1 saturated heterocycles. The first-order valence-corrected chi connectivity index (χ1v) is 9.29. The highest BCUT2D eigenvalue weighted by Gasteiger charge is 2.44. The Balaban J connectivity index is 1.41. The van der Waals surface area contributed by atoms with Crippen molar-refractivity contribution in [2.45, 2.75) is 31.0 Å². The second-order valence-corrected chi connectivity index (χ2v) is 7.42. The second kappa shape index (κ2) is 7.04. The molecule has 4 rings (SSSR count). The molecule has 2 heterocycles. The smallest absolute Gasteiger partial charge is 0.416 e. The molecule has 0 atom stereocenters. The molecule has 0 unspecified atom stereocenters. The van der Waals surface area contributed by atoms with Crippen molar-refractivity contribution < 1.29 is 22.7 Å². The third-order valence-corrected chi connectivity index (χ3v) is 5.72. The van der Waals surface area contributed by atoms with E-state index in [1.165, 1.54) is 12.1 Å². The van der Waals surface area contributed by atoms with Gasteiger partial charge < -0.3 is 15.0 Å². The lowest BCUT2D eigenvalue weighted by Crippen LogP contribution is -2.46. The number of carbonyl (C=O) groups excluding carboxylic acids is 1. The van der Waals surface area contributed by atoms with E-state index in [0.29, 0.717) is 38.0 Å². The average molecular weight is 390 g/mol. The number of likely N-dealkylation sites (tertiary alicyclic amines) is 1. The summed E-state index contributed by atoms with van der Waals surface area (Å²) in [5, 5.41) is 3.23. The van der Waals surface area contributed by atoms with Crippen molar-refractivity contribution >= 4 is 11.8 Å². The van der Waals surface area contributed by atoms with E-state index < -0.39 is 11.7 Å². The van der Waals surface area contributed by atoms with Crippen LogP contribution in [0.25, 0.3) is 0 Å². The van der Waals surface area contributed by atoms with Crippen LogP contribution >= 0.6 is 0 Å². The quantitative estimate of drug-likeness (QED) is 0.801. The first-order valence-electron chi connectivity index (χ1n) is 9.29. The molecule has 0 radical (unpaired) electrons. The van der Waals surface area contributed by atoms with Crippen molar-refractivity contribution in [3.8, 4) is 0 Å². The van der Waals surface area contributed by atoms with Crippen LogP contribution in [0.4, 0.5) is 23.7 Å². The lowest BCUT2D eigenvalue weighted by Gasteiger charge is -2.39. The predicted molar refractivity (Wildman–Crippen MR) is 99.0 cm³/mol. The van der Waals surface area contributed by atoms with Crippen LogP contribution in [0.1, 0.15) is 29.5 Å². The molecule has 4 nitrogen and oxygen atoms in total. The van der Waals surface area contributed by atoms with E-state index in [1.807, 2.05) is 30.3 Å². The Labute approximate surface area is 161 Å². The third-order valence-electron chi connectivity index (χ3n) is 5.72. The Morgan fingerprint density at radius 2 is 1.82 bits per heavy atom. The number of nitrogens with one attached hydrogen (secondary N) is 1. The van der Waals surface area contributed by atoms with Crippen molar-refractivity contribution in [2.24, 2.45) is 0 Å². The monoisotopic (exact) mass is 390 g/mol. The molecular formula is C21H21F3N2O2. The number of amides is 1. The van der Waals surface area contributed by atoms with Crippen LogP contribution in [-0.2, 0) is 22.9 Å². The topological polar surface area (TPSA) is 41.6 Å². The molecular weight excluding hydrogens is 369 g/mol. The van der Waals surface area contributed by atoms with Gasteiger partial charge in [0.25, 0.3) is 0 Å². The van der Waals surface area contributed by atoms with Crippen molar-refractivity contribution in [1.29, 1.82) is 0 Å². The van der Waals surface area contributed by atoms with Gasteiger partial charge in [-0.25, -0.2) is 4.79 Å². The summed E-state index contributed by atoms with van der Waals surface area (Å²) in [6.45, 7) is 1.73. The van der Waals surface area contributed by atoms with Gasteiger partial charge in [0.05, 0.1) is 5.56 Å². The Morgan fingerprint density at radius 3 is 2.50 bits per heavy atom. The van der Waals surface area contributed by atoms with Crippen molar-refractivity contribution in [3.05, 3.63) is 65.2 Å². The molecule has 2 aliphatic rings. The maximum absolute atomic E-state index is 13.1. The molecule has 2 aromatic rings. The van der Waals surface area contributed by atoms with E-state index in [0.717, 1.165) is 17.3 Å². The fraction of sp³-hybridized carbons (Fsp3) is 0.381. The summed E-state index contributed by atoms with van der Waals surface area (Å²) >= 11 is 0. The molecule has 2 aromatic carbocycles. The molecule has 1 spiro atoms. The Morgan fingerprint density at radius 1 is 1.11 bits per heavy atom. The number of carbonyl (C=O) groups is 1. The molecule has 7 heteroatoms. The summed E-state index contributed by atoms with van der Waals surface area (Å²) in [5.41, 5.74) is 1.39. The van der Waals surface area contributed by atoms with Crippen LogP contribution in [0.3, 0.4) is 0 Å². The predicted octanol–water partition coefficient (Wildman–Crippen LogP) is 4.80. The molecule has 0 aliphatic carbocycles. The van der Waals surface area contributed by atoms with Crippen LogP contribution in [-0.4, -0.2) is 30.6 Å². The lowest BCUT2D eigenvalue weighted by molar-refractivity contribution is -0.137. The normalized spacial score (nSPS) is 17.9. The van der Waals surface area contributed by atoms with E-state index in [2.05, 4.69) is 5.32 Å². The molecule has 0 saturated carbocycles. The molecule has 0 bridgehead atoms. The first-order chi connectivity index (χ1) is 13.4. The largest absolute Gasteiger partial charge is 0.445 e. The van der Waals surface area contributed by atoms with E-state index in [-0.39, 0.29) is 18.1 Å². The number of nitrogens with zero attached hydrogens (tertiary/aromatic N) is 1. The molecule has 2 aliphatic heterocycles. The van der Waals surface area contributed by atoms with Crippen LogP contribution < -0.4 is 5.32 Å². The number of rotatable bonds is 2. The number of halogens is 3. The van der Waals surface area contributed by atoms with Gasteiger partial charge in [-0.15, -0.1) is 0 Å². The lowest BCUT2D eigenvalue weighted by atomic mass is 9.74. The number of anilines is 1. The summed E-state index contributed by atoms with van der Waals surface area (Å²) in [6, 6.07) is 13.3. The van der Waals surface area contributed by atoms with E-state index >= 15 is 0 Å². The third kappa shape index (κ3) is 3.53. The van der Waals surface area contributed by atoms with Crippen LogP contribution in [0.15, 0.2) is 48.5 Å². The number of fused-ring (bicyclic) bond motifs is 2. The summed E-state index contributed by atoms with van der Waals surface area (Å²) in [5.74, 6) is 0. The minimum atomic E-state index is -4.36. The van der Waals surface area contributed by atoms with Crippen molar-refractivity contribution in [2.75, 3.05) is 25.0 Å². The summed E-state index contributed by atoms with van der Waals surface area (Å²) in [7, 11) is 0. The number of ether oxygens (including phenoxy) is 1. The van der Waals surface area contributed by atoms with E-state index in [4.69, 9.17) is 4.74 Å². The number of hydrogen-bond donors (Lipinski definition) is 1. The summed E-state index contributed by atoms with van der Waals surface area (Å²) in [6.07, 6.45) is -3.53. The van der Waals surface area contributed by atoms with Crippen LogP contribution in [0.5, 0.6) is 0 Å². The van der Waals surface area contributed by atoms with Gasteiger partial charge in [-0.2, -0.15) is 13.2 Å². The number of piperidine rings is 1. The van der Waals surface area contributed by atoms with Crippen LogP contribution in [0, 0.1) is 0 Å². The standard InChI is InChI=1S/C21H21F3N2O2/c22-21(23,24)16-6-7-18-17(12-16)20(14-25-18)8-10-26(11-9-20)19(27)28-13-15-4-2-1-3-5-15/h1-7,12,25H,8-11,13-14H2. The zero-order valence-corrected chi connectivity index (χ0v) is 15.3. The molecule has 1 fully saturated rings. The fourth-order valence-electron chi connectivity index (χ4n) is 4.05. The zero-order valence-electron chi connectivity index (χ0n) is 15.3. The van der Waals surface area contributed by atoms with Crippen molar-refractivity contribution in [1.82, 2.24) is 4.90 Å². The molecule has 148 valence electrons. The fourth-order valence-corrected chi connectivity index (χ4v) is 4.05. The van der Waals surface area contributed by atoms with Gasteiger partial charge in [0.15, 0.2) is 0 Å². The Hall–Kier alpha value is -2.70. The number of benzene rings is 2. The van der Waals surface area contributed by atoms with Crippen molar-refractivity contribution in [3.63, 3.8) is 0 Å². The number of hydrogen-bond acceptors (Lipinski definition) is 3. The minimum absolute atomic E-state index is 0.209. The zero-order chi connectivity index (χ0) is 19.8. The first kappa shape index (κ1) is 18.7. The van der Waals surface area contributed by atoms with Gasteiger partial charge in [0.1, 0.15) is 6.61 Å².